The van der Waals surface area contributed by atoms with Gasteiger partial charge in [-0.2, -0.15) is 0 Å². The number of nitrogens with two attached hydrogens (primary N) is 1. The first-order valence-electron chi connectivity index (χ1n) is 8.43. The number of amides is 2. The quantitative estimate of drug-likeness (QED) is 0.771. The molecule has 0 aliphatic rings. The third-order valence-corrected chi connectivity index (χ3v) is 4.44. The Morgan fingerprint density at radius 3 is 2.42 bits per heavy atom. The maximum atomic E-state index is 11.7. The molecule has 2 amide bonds. The number of pyridine rings is 1. The van der Waals surface area contributed by atoms with Gasteiger partial charge in [0.25, 0.3) is 0 Å². The number of primary amides is 1. The molecule has 3 rings (SSSR count). The predicted octanol–water partition coefficient (Wildman–Crippen LogP) is 3.02. The van der Waals surface area contributed by atoms with E-state index in [1.54, 1.807) is 43.5 Å². The number of fused-ring (bicyclic) bond motifs is 1. The Kier molecular flexibility index (Phi) is 4.98. The Bertz CT molecular complexity index is 963. The third-order valence-electron chi connectivity index (χ3n) is 4.44. The molecule has 0 atom stereocenters. The lowest BCUT2D eigenvalue weighted by Crippen LogP contribution is -2.21. The molecule has 5 heteroatoms. The van der Waals surface area contributed by atoms with Crippen molar-refractivity contribution in [2.75, 3.05) is 14.1 Å². The zero-order valence-corrected chi connectivity index (χ0v) is 14.9. The standard InChI is InChI=1S/C21H21N3O2/c1-24(2)20(25)10-5-14-3-6-15(7-4-14)19-13-23-12-17-9-8-16(21(22)26)11-18(17)19/h3-4,6-9,11-13H,5,10H2,1-2H3,(H2,22,26). The molecule has 132 valence electrons. The van der Waals surface area contributed by atoms with Crippen LogP contribution in [-0.2, 0) is 11.2 Å². The van der Waals surface area contributed by atoms with E-state index in [9.17, 15) is 9.59 Å². The highest BCUT2D eigenvalue weighted by Crippen LogP contribution is 2.28. The van der Waals surface area contributed by atoms with Crippen molar-refractivity contribution >= 4 is 22.6 Å². The molecular formula is C21H21N3O2. The highest BCUT2D eigenvalue weighted by atomic mass is 16.2. The second-order valence-electron chi connectivity index (χ2n) is 6.47. The van der Waals surface area contributed by atoms with Crippen LogP contribution in [0.25, 0.3) is 21.9 Å². The molecule has 0 fully saturated rings. The maximum absolute atomic E-state index is 11.7. The monoisotopic (exact) mass is 347 g/mol. The van der Waals surface area contributed by atoms with Gasteiger partial charge in [0.05, 0.1) is 0 Å². The van der Waals surface area contributed by atoms with Gasteiger partial charge in [-0.15, -0.1) is 0 Å². The number of aryl methyl sites for hydroxylation is 1. The third kappa shape index (κ3) is 3.72. The molecule has 0 aliphatic heterocycles. The van der Waals surface area contributed by atoms with Crippen LogP contribution < -0.4 is 5.73 Å². The summed E-state index contributed by atoms with van der Waals surface area (Å²) in [5.41, 5.74) is 8.94. The number of carbonyl (C=O) groups is 2. The van der Waals surface area contributed by atoms with Gasteiger partial charge in [0.2, 0.25) is 11.8 Å². The molecule has 1 aromatic heterocycles. The zero-order valence-electron chi connectivity index (χ0n) is 14.9. The molecular weight excluding hydrogens is 326 g/mol. The van der Waals surface area contributed by atoms with Gasteiger partial charge in [-0.25, -0.2) is 0 Å². The SMILES string of the molecule is CN(C)C(=O)CCc1ccc(-c2cncc3ccc(C(N)=O)cc23)cc1. The van der Waals surface area contributed by atoms with E-state index in [4.69, 9.17) is 5.73 Å². The van der Waals surface area contributed by atoms with Gasteiger partial charge >= 0.3 is 0 Å². The molecule has 0 spiro atoms. The molecule has 0 radical (unpaired) electrons. The van der Waals surface area contributed by atoms with Gasteiger partial charge < -0.3 is 10.6 Å². The summed E-state index contributed by atoms with van der Waals surface area (Å²) in [5, 5.41) is 1.89. The number of benzene rings is 2. The number of hydrogen-bond acceptors (Lipinski definition) is 3. The number of rotatable bonds is 5. The van der Waals surface area contributed by atoms with E-state index < -0.39 is 5.91 Å². The number of carbonyl (C=O) groups excluding carboxylic acids is 2. The van der Waals surface area contributed by atoms with Gasteiger partial charge in [-0.1, -0.05) is 30.3 Å². The topological polar surface area (TPSA) is 76.3 Å². The lowest BCUT2D eigenvalue weighted by atomic mass is 9.97. The van der Waals surface area contributed by atoms with Crippen LogP contribution in [0.15, 0.2) is 54.9 Å². The van der Waals surface area contributed by atoms with Crippen LogP contribution in [0.5, 0.6) is 0 Å². The summed E-state index contributed by atoms with van der Waals surface area (Å²) < 4.78 is 0. The Morgan fingerprint density at radius 1 is 1.04 bits per heavy atom. The van der Waals surface area contributed by atoms with E-state index in [0.717, 1.165) is 27.5 Å². The van der Waals surface area contributed by atoms with Crippen LogP contribution in [0.4, 0.5) is 0 Å². The van der Waals surface area contributed by atoms with Crippen LogP contribution in [-0.4, -0.2) is 35.8 Å². The minimum Gasteiger partial charge on any atom is -0.366 e. The van der Waals surface area contributed by atoms with Crippen LogP contribution in [0.2, 0.25) is 0 Å². The summed E-state index contributed by atoms with van der Waals surface area (Å²) in [6, 6.07) is 13.4. The van der Waals surface area contributed by atoms with Crippen molar-refractivity contribution in [3.8, 4) is 11.1 Å². The molecule has 3 aromatic rings. The minimum absolute atomic E-state index is 0.117. The molecule has 0 saturated heterocycles. The Hall–Kier alpha value is -3.21. The van der Waals surface area contributed by atoms with E-state index in [1.165, 1.54) is 0 Å². The molecule has 0 aliphatic carbocycles. The first-order chi connectivity index (χ1) is 12.5. The van der Waals surface area contributed by atoms with Gasteiger partial charge in [0, 0.05) is 49.4 Å². The highest BCUT2D eigenvalue weighted by Gasteiger charge is 2.09. The van der Waals surface area contributed by atoms with Crippen molar-refractivity contribution < 1.29 is 9.59 Å². The fourth-order valence-electron chi connectivity index (χ4n) is 2.87. The average Bonchev–Trinajstić information content (AvgIpc) is 2.65. The van der Waals surface area contributed by atoms with Crippen molar-refractivity contribution in [1.29, 1.82) is 0 Å². The molecule has 2 aromatic carbocycles. The Balaban J connectivity index is 1.90. The summed E-state index contributed by atoms with van der Waals surface area (Å²) in [6.07, 6.45) is 4.75. The molecule has 5 nitrogen and oxygen atoms in total. The highest BCUT2D eigenvalue weighted by molar-refractivity contribution is 6.02. The van der Waals surface area contributed by atoms with Crippen molar-refractivity contribution in [2.24, 2.45) is 5.73 Å². The van der Waals surface area contributed by atoms with Crippen molar-refractivity contribution in [1.82, 2.24) is 9.88 Å². The van der Waals surface area contributed by atoms with Crippen LogP contribution in [0.3, 0.4) is 0 Å². The summed E-state index contributed by atoms with van der Waals surface area (Å²) in [4.78, 5) is 29.1. The molecule has 0 unspecified atom stereocenters. The molecule has 2 N–H and O–H groups in total. The second-order valence-corrected chi connectivity index (χ2v) is 6.47. The van der Waals surface area contributed by atoms with Crippen LogP contribution in [0.1, 0.15) is 22.3 Å². The molecule has 1 heterocycles. The van der Waals surface area contributed by atoms with Crippen LogP contribution >= 0.6 is 0 Å². The van der Waals surface area contributed by atoms with Gasteiger partial charge in [-0.05, 0) is 35.1 Å². The minimum atomic E-state index is -0.449. The number of aromatic nitrogens is 1. The predicted molar refractivity (Wildman–Crippen MR) is 103 cm³/mol. The smallest absolute Gasteiger partial charge is 0.248 e. The van der Waals surface area contributed by atoms with E-state index >= 15 is 0 Å². The Morgan fingerprint density at radius 2 is 1.77 bits per heavy atom. The molecule has 0 saturated carbocycles. The van der Waals surface area contributed by atoms with E-state index in [2.05, 4.69) is 4.98 Å². The van der Waals surface area contributed by atoms with E-state index in [0.29, 0.717) is 18.4 Å². The molecule has 26 heavy (non-hydrogen) atoms. The van der Waals surface area contributed by atoms with Crippen molar-refractivity contribution in [2.45, 2.75) is 12.8 Å². The van der Waals surface area contributed by atoms with Gasteiger partial charge in [0.1, 0.15) is 0 Å². The fourth-order valence-corrected chi connectivity index (χ4v) is 2.87. The normalized spacial score (nSPS) is 10.7. The maximum Gasteiger partial charge on any atom is 0.248 e. The van der Waals surface area contributed by atoms with Crippen molar-refractivity contribution in [3.63, 3.8) is 0 Å². The zero-order chi connectivity index (χ0) is 18.7. The second kappa shape index (κ2) is 7.35. The lowest BCUT2D eigenvalue weighted by molar-refractivity contribution is -0.128. The van der Waals surface area contributed by atoms with Crippen molar-refractivity contribution in [3.05, 3.63) is 66.0 Å². The summed E-state index contributed by atoms with van der Waals surface area (Å²) in [5.74, 6) is -0.332. The van der Waals surface area contributed by atoms with Crippen LogP contribution in [0, 0.1) is 0 Å². The van der Waals surface area contributed by atoms with Gasteiger partial charge in [0.15, 0.2) is 0 Å². The molecule has 0 bridgehead atoms. The first kappa shape index (κ1) is 17.6. The fraction of sp³-hybridized carbons (Fsp3) is 0.190. The number of nitrogens with zero attached hydrogens (tertiary/aromatic N) is 2. The average molecular weight is 347 g/mol. The van der Waals surface area contributed by atoms with E-state index in [-0.39, 0.29) is 5.91 Å². The van der Waals surface area contributed by atoms with E-state index in [1.807, 2.05) is 30.3 Å². The van der Waals surface area contributed by atoms with Gasteiger partial charge in [-0.3, -0.25) is 14.6 Å². The first-order valence-corrected chi connectivity index (χ1v) is 8.43. The lowest BCUT2D eigenvalue weighted by Gasteiger charge is -2.11. The summed E-state index contributed by atoms with van der Waals surface area (Å²) in [7, 11) is 3.53. The largest absolute Gasteiger partial charge is 0.366 e. The summed E-state index contributed by atoms with van der Waals surface area (Å²) >= 11 is 0. The summed E-state index contributed by atoms with van der Waals surface area (Å²) in [6.45, 7) is 0. The Labute approximate surface area is 152 Å². The number of hydrogen-bond donors (Lipinski definition) is 1.